The lowest BCUT2D eigenvalue weighted by atomic mass is 10.3. The Labute approximate surface area is 60.1 Å². The average molecular weight is 145 g/mol. The van der Waals surface area contributed by atoms with E-state index < -0.39 is 6.67 Å². The van der Waals surface area contributed by atoms with Crippen LogP contribution in [0.1, 0.15) is 6.42 Å². The van der Waals surface area contributed by atoms with Crippen molar-refractivity contribution in [3.05, 3.63) is 12.3 Å². The number of nitrogens with one attached hydrogen (secondary N) is 1. The Morgan fingerprint density at radius 2 is 2.60 bits per heavy atom. The van der Waals surface area contributed by atoms with E-state index >= 15 is 0 Å². The minimum Gasteiger partial charge on any atom is -0.386 e. The predicted octanol–water partition coefficient (Wildman–Crippen LogP) is 0.848. The van der Waals surface area contributed by atoms with Crippen molar-refractivity contribution in [1.29, 1.82) is 0 Å². The molecule has 0 aromatic heterocycles. The van der Waals surface area contributed by atoms with Gasteiger partial charge >= 0.3 is 0 Å². The lowest BCUT2D eigenvalue weighted by Gasteiger charge is -2.09. The van der Waals surface area contributed by atoms with Crippen LogP contribution in [0, 0.1) is 0 Å². The molecule has 1 aliphatic heterocycles. The van der Waals surface area contributed by atoms with Crippen LogP contribution in [0.15, 0.2) is 12.3 Å². The highest BCUT2D eigenvalue weighted by molar-refractivity contribution is 4.93. The molecule has 1 atom stereocenters. The Kier molecular flexibility index (Phi) is 2.68. The number of ether oxygens (including phenoxy) is 1. The van der Waals surface area contributed by atoms with Gasteiger partial charge in [0, 0.05) is 18.7 Å². The van der Waals surface area contributed by atoms with Gasteiger partial charge in [-0.1, -0.05) is 6.58 Å². The van der Waals surface area contributed by atoms with Gasteiger partial charge in [-0.15, -0.1) is 0 Å². The zero-order valence-corrected chi connectivity index (χ0v) is 5.90. The van der Waals surface area contributed by atoms with E-state index in [1.165, 1.54) is 0 Å². The molecule has 2 nitrogen and oxygen atoms in total. The highest BCUT2D eigenvalue weighted by Crippen LogP contribution is 2.03. The number of halogens is 1. The number of hydrogen-bond acceptors (Lipinski definition) is 2. The topological polar surface area (TPSA) is 21.3 Å². The van der Waals surface area contributed by atoms with Crippen molar-refractivity contribution in [3.63, 3.8) is 0 Å². The van der Waals surface area contributed by atoms with Gasteiger partial charge in [-0.3, -0.25) is 0 Å². The van der Waals surface area contributed by atoms with Crippen LogP contribution < -0.4 is 5.32 Å². The van der Waals surface area contributed by atoms with Crippen LogP contribution >= 0.6 is 0 Å². The summed E-state index contributed by atoms with van der Waals surface area (Å²) in [5, 5.41) is 2.99. The lowest BCUT2D eigenvalue weighted by molar-refractivity contribution is 0.0493. The molecule has 0 amide bonds. The van der Waals surface area contributed by atoms with Crippen molar-refractivity contribution >= 4 is 0 Å². The zero-order valence-electron chi connectivity index (χ0n) is 5.90. The summed E-state index contributed by atoms with van der Waals surface area (Å²) < 4.78 is 17.1. The summed E-state index contributed by atoms with van der Waals surface area (Å²) in [6.07, 6.45) is 0.510. The van der Waals surface area contributed by atoms with Crippen LogP contribution in [0.2, 0.25) is 0 Å². The third-order valence-electron chi connectivity index (χ3n) is 1.51. The molecule has 3 heteroatoms. The quantitative estimate of drug-likeness (QED) is 0.590. The molecular weight excluding hydrogens is 133 g/mol. The third-order valence-corrected chi connectivity index (χ3v) is 1.51. The fourth-order valence-corrected chi connectivity index (χ4v) is 0.853. The molecule has 58 valence electrons. The summed E-state index contributed by atoms with van der Waals surface area (Å²) in [6, 6.07) is 0. The first-order valence-electron chi connectivity index (χ1n) is 3.42. The second kappa shape index (κ2) is 3.56. The summed E-state index contributed by atoms with van der Waals surface area (Å²) in [4.78, 5) is 0. The Morgan fingerprint density at radius 3 is 3.30 bits per heavy atom. The van der Waals surface area contributed by atoms with Gasteiger partial charge in [-0.25, -0.2) is 4.39 Å². The van der Waals surface area contributed by atoms with Crippen molar-refractivity contribution in [3.8, 4) is 0 Å². The first-order valence-corrected chi connectivity index (χ1v) is 3.42. The molecule has 10 heavy (non-hydrogen) atoms. The largest absolute Gasteiger partial charge is 0.386 e. The first kappa shape index (κ1) is 7.54. The van der Waals surface area contributed by atoms with Gasteiger partial charge in [0.25, 0.3) is 0 Å². The fourth-order valence-electron chi connectivity index (χ4n) is 0.853. The molecule has 1 aliphatic rings. The zero-order chi connectivity index (χ0) is 7.40. The monoisotopic (exact) mass is 145 g/mol. The summed E-state index contributed by atoms with van der Waals surface area (Å²) in [7, 11) is 0. The van der Waals surface area contributed by atoms with Gasteiger partial charge in [0.05, 0.1) is 6.61 Å². The van der Waals surface area contributed by atoms with E-state index in [9.17, 15) is 4.39 Å². The fraction of sp³-hybridized carbons (Fsp3) is 0.714. The summed E-state index contributed by atoms with van der Waals surface area (Å²) >= 11 is 0. The molecule has 0 unspecified atom stereocenters. The van der Waals surface area contributed by atoms with Gasteiger partial charge in [-0.2, -0.15) is 0 Å². The van der Waals surface area contributed by atoms with E-state index in [1.54, 1.807) is 0 Å². The smallest absolute Gasteiger partial charge is 0.117 e. The van der Waals surface area contributed by atoms with Gasteiger partial charge in [-0.05, 0) is 0 Å². The second-order valence-electron chi connectivity index (χ2n) is 2.38. The van der Waals surface area contributed by atoms with Crippen molar-refractivity contribution in [2.24, 2.45) is 0 Å². The Morgan fingerprint density at radius 1 is 1.80 bits per heavy atom. The van der Waals surface area contributed by atoms with Crippen molar-refractivity contribution < 1.29 is 9.13 Å². The lowest BCUT2D eigenvalue weighted by Crippen LogP contribution is -2.26. The highest BCUT2D eigenvalue weighted by Gasteiger charge is 2.12. The number of hydrogen-bond donors (Lipinski definition) is 1. The van der Waals surface area contributed by atoms with E-state index in [4.69, 9.17) is 4.74 Å². The minimum atomic E-state index is -0.416. The molecule has 1 heterocycles. The highest BCUT2D eigenvalue weighted by atomic mass is 19.1. The molecule has 1 rings (SSSR count). The van der Waals surface area contributed by atoms with E-state index in [0.29, 0.717) is 13.2 Å². The normalized spacial score (nSPS) is 27.3. The Bertz CT molecular complexity index is 127. The molecule has 1 fully saturated rings. The van der Waals surface area contributed by atoms with E-state index in [-0.39, 0.29) is 6.10 Å². The molecule has 0 aliphatic carbocycles. The van der Waals surface area contributed by atoms with E-state index in [1.807, 2.05) is 0 Å². The Hall–Kier alpha value is -0.570. The molecule has 0 bridgehead atoms. The molecular formula is C7H12FNO. The summed E-state index contributed by atoms with van der Waals surface area (Å²) in [5.74, 6) is 0. The van der Waals surface area contributed by atoms with Crippen molar-refractivity contribution in [2.75, 3.05) is 19.8 Å². The van der Waals surface area contributed by atoms with Crippen molar-refractivity contribution in [2.45, 2.75) is 12.5 Å². The predicted molar refractivity (Wildman–Crippen MR) is 37.5 cm³/mol. The van der Waals surface area contributed by atoms with Crippen LogP contribution in [0.25, 0.3) is 0 Å². The maximum atomic E-state index is 12.0. The molecule has 1 N–H and O–H groups in total. The van der Waals surface area contributed by atoms with E-state index in [2.05, 4.69) is 11.9 Å². The molecule has 0 aromatic carbocycles. The maximum absolute atomic E-state index is 12.0. The van der Waals surface area contributed by atoms with Gasteiger partial charge in [0.2, 0.25) is 0 Å². The Balaban J connectivity index is 2.33. The van der Waals surface area contributed by atoms with Gasteiger partial charge < -0.3 is 10.1 Å². The molecule has 0 spiro atoms. The maximum Gasteiger partial charge on any atom is 0.117 e. The van der Waals surface area contributed by atoms with Gasteiger partial charge in [0.15, 0.2) is 0 Å². The third kappa shape index (κ3) is 1.99. The van der Waals surface area contributed by atoms with Crippen LogP contribution in [0.5, 0.6) is 0 Å². The number of rotatable bonds is 1. The van der Waals surface area contributed by atoms with E-state index in [0.717, 1.165) is 12.1 Å². The van der Waals surface area contributed by atoms with Gasteiger partial charge in [0.1, 0.15) is 12.8 Å². The minimum absolute atomic E-state index is 0.278. The molecule has 0 saturated carbocycles. The van der Waals surface area contributed by atoms with Crippen molar-refractivity contribution in [1.82, 2.24) is 5.32 Å². The van der Waals surface area contributed by atoms with Crippen LogP contribution in [0.4, 0.5) is 4.39 Å². The SMILES string of the molecule is C=C1CCO[C@H](CF)CN1. The van der Waals surface area contributed by atoms with Crippen LogP contribution in [-0.2, 0) is 4.74 Å². The summed E-state index contributed by atoms with van der Waals surface area (Å²) in [6.45, 7) is 4.45. The van der Waals surface area contributed by atoms with Crippen LogP contribution in [-0.4, -0.2) is 25.9 Å². The second-order valence-corrected chi connectivity index (χ2v) is 2.38. The average Bonchev–Trinajstić information content (AvgIpc) is 2.14. The number of alkyl halides is 1. The van der Waals surface area contributed by atoms with Crippen LogP contribution in [0.3, 0.4) is 0 Å². The molecule has 1 saturated heterocycles. The first-order chi connectivity index (χ1) is 4.83. The standard InChI is InChI=1S/C7H12FNO/c1-6-2-3-10-7(4-8)5-9-6/h7,9H,1-5H2/t7-/m1/s1. The summed E-state index contributed by atoms with van der Waals surface area (Å²) in [5.41, 5.74) is 0.941. The molecule has 0 radical (unpaired) electrons. The molecule has 0 aromatic rings.